The van der Waals surface area contributed by atoms with E-state index in [9.17, 15) is 4.79 Å². The van der Waals surface area contributed by atoms with Crippen LogP contribution in [-0.2, 0) is 16.1 Å². The normalized spacial score (nSPS) is 12.4. The van der Waals surface area contributed by atoms with Crippen molar-refractivity contribution in [1.82, 2.24) is 0 Å². The summed E-state index contributed by atoms with van der Waals surface area (Å²) in [5.74, 6) is 0.382. The Morgan fingerprint density at radius 3 is 2.09 bits per heavy atom. The van der Waals surface area contributed by atoms with Crippen molar-refractivity contribution in [3.05, 3.63) is 102 Å². The van der Waals surface area contributed by atoms with Gasteiger partial charge in [-0.15, -0.1) is 0 Å². The van der Waals surface area contributed by atoms with E-state index in [4.69, 9.17) is 9.47 Å². The van der Waals surface area contributed by atoms with Crippen molar-refractivity contribution in [2.24, 2.45) is 4.99 Å². The minimum Gasteiger partial charge on any atom is -0.497 e. The molecule has 5 heteroatoms. The van der Waals surface area contributed by atoms with Crippen molar-refractivity contribution in [3.8, 4) is 5.75 Å². The summed E-state index contributed by atoms with van der Waals surface area (Å²) in [4.78, 5) is 17.6. The van der Waals surface area contributed by atoms with Gasteiger partial charge < -0.3 is 9.47 Å². The summed E-state index contributed by atoms with van der Waals surface area (Å²) in [6, 6.07) is 28.4. The van der Waals surface area contributed by atoms with Gasteiger partial charge in [0, 0.05) is 0 Å². The van der Waals surface area contributed by atoms with Gasteiger partial charge in [-0.25, -0.2) is 4.79 Å². The first-order chi connectivity index (χ1) is 16.0. The Labute approximate surface area is 197 Å². The van der Waals surface area contributed by atoms with E-state index >= 15 is 0 Å². The third kappa shape index (κ3) is 6.30. The predicted molar refractivity (Wildman–Crippen MR) is 139 cm³/mol. The smallest absolute Gasteiger partial charge is 0.356 e. The van der Waals surface area contributed by atoms with Crippen LogP contribution in [0.5, 0.6) is 5.75 Å². The van der Waals surface area contributed by atoms with Crippen LogP contribution in [0.15, 0.2) is 96.0 Å². The summed E-state index contributed by atoms with van der Waals surface area (Å²) in [5.41, 5.74) is 2.43. The lowest BCUT2D eigenvalue weighted by Gasteiger charge is -2.27. The van der Waals surface area contributed by atoms with E-state index in [1.54, 1.807) is 7.11 Å². The number of benzene rings is 3. The van der Waals surface area contributed by atoms with Crippen LogP contribution in [0.25, 0.3) is 5.20 Å². The first-order valence-electron chi connectivity index (χ1n) is 11.1. The van der Waals surface area contributed by atoms with E-state index in [1.165, 1.54) is 5.19 Å². The van der Waals surface area contributed by atoms with Gasteiger partial charge in [-0.3, -0.25) is 4.99 Å². The fraction of sp³-hybridized carbons (Fsp3) is 0.214. The summed E-state index contributed by atoms with van der Waals surface area (Å²) in [7, 11) is -0.507. The van der Waals surface area contributed by atoms with E-state index in [0.717, 1.165) is 22.1 Å². The second-order valence-corrected chi connectivity index (χ2v) is 12.6. The predicted octanol–water partition coefficient (Wildman–Crippen LogP) is 5.44. The first-order valence-corrected chi connectivity index (χ1v) is 14.1. The van der Waals surface area contributed by atoms with Crippen LogP contribution in [0.1, 0.15) is 18.1 Å². The number of nitrogens with zero attached hydrogens (tertiary/aromatic N) is 1. The number of rotatable bonds is 9. The van der Waals surface area contributed by atoms with Crippen LogP contribution in [-0.4, -0.2) is 33.5 Å². The van der Waals surface area contributed by atoms with Crippen LogP contribution >= 0.6 is 0 Å². The van der Waals surface area contributed by atoms with Gasteiger partial charge in [0.2, 0.25) is 0 Å². The Balaban J connectivity index is 2.08. The molecule has 4 nitrogen and oxygen atoms in total. The summed E-state index contributed by atoms with van der Waals surface area (Å²) in [6.45, 7) is 7.09. The first kappa shape index (κ1) is 24.2. The number of esters is 1. The number of carbonyl (C=O) groups excluding carboxylic acids is 1. The Bertz CT molecular complexity index is 1100. The van der Waals surface area contributed by atoms with Crippen molar-refractivity contribution in [2.45, 2.75) is 26.6 Å². The van der Waals surface area contributed by atoms with E-state index < -0.39 is 14.0 Å². The highest BCUT2D eigenvalue weighted by molar-refractivity contribution is 7.05. The number of aliphatic imine (C=N–C) groups is 1. The average Bonchev–Trinajstić information content (AvgIpc) is 2.85. The average molecular weight is 458 g/mol. The largest absolute Gasteiger partial charge is 0.497 e. The van der Waals surface area contributed by atoms with E-state index in [1.807, 2.05) is 61.5 Å². The Hall–Kier alpha value is -3.44. The van der Waals surface area contributed by atoms with Crippen molar-refractivity contribution in [1.29, 1.82) is 0 Å². The molecule has 0 heterocycles. The van der Waals surface area contributed by atoms with Gasteiger partial charge in [-0.05, 0) is 41.5 Å². The quantitative estimate of drug-likeness (QED) is 0.244. The molecule has 0 aromatic heterocycles. The zero-order valence-corrected chi connectivity index (χ0v) is 20.7. The van der Waals surface area contributed by atoms with Crippen molar-refractivity contribution >= 4 is 30.1 Å². The van der Waals surface area contributed by atoms with Crippen LogP contribution < -0.4 is 9.92 Å². The number of hydrogen-bond acceptors (Lipinski definition) is 4. The van der Waals surface area contributed by atoms with Gasteiger partial charge in [-0.1, -0.05) is 91.1 Å². The molecule has 0 N–H and O–H groups in total. The third-order valence-electron chi connectivity index (χ3n) is 5.61. The van der Waals surface area contributed by atoms with E-state index in [-0.39, 0.29) is 0 Å². The highest BCUT2D eigenvalue weighted by Crippen LogP contribution is 2.26. The van der Waals surface area contributed by atoms with E-state index in [2.05, 4.69) is 54.5 Å². The fourth-order valence-corrected chi connectivity index (χ4v) is 6.39. The molecule has 170 valence electrons. The Morgan fingerprint density at radius 2 is 1.52 bits per heavy atom. The molecule has 0 aliphatic carbocycles. The molecule has 0 spiro atoms. The number of methoxy groups -OCH3 is 1. The molecule has 0 saturated carbocycles. The van der Waals surface area contributed by atoms with Crippen molar-refractivity contribution in [2.75, 3.05) is 13.7 Å². The third-order valence-corrected chi connectivity index (χ3v) is 9.17. The molecule has 3 aromatic carbocycles. The number of carbonyl (C=O) groups is 1. The van der Waals surface area contributed by atoms with Crippen LogP contribution in [0.3, 0.4) is 0 Å². The van der Waals surface area contributed by atoms with Gasteiger partial charge in [-0.2, -0.15) is 0 Å². The highest BCUT2D eigenvalue weighted by atomic mass is 28.3. The second kappa shape index (κ2) is 11.4. The van der Waals surface area contributed by atoms with Gasteiger partial charge in [0.25, 0.3) is 0 Å². The topological polar surface area (TPSA) is 47.9 Å². The van der Waals surface area contributed by atoms with Crippen LogP contribution in [0, 0.1) is 0 Å². The standard InChI is InChI=1S/C28H31NO3Si/c1-5-32-28(30)26(29-21-22-16-18-24(31-2)19-17-22)20-27(23-12-8-6-9-13-23)33(3,4)25-14-10-7-11-15-25/h6-20H,5,21H2,1-4H3/b27-20+,29-26?. The minimum atomic E-state index is -2.15. The molecule has 0 atom stereocenters. The van der Waals surface area contributed by atoms with Gasteiger partial charge in [0.1, 0.15) is 19.5 Å². The Kier molecular flexibility index (Phi) is 8.38. The van der Waals surface area contributed by atoms with Crippen molar-refractivity contribution in [3.63, 3.8) is 0 Å². The molecule has 0 amide bonds. The lowest BCUT2D eigenvalue weighted by Crippen LogP contribution is -2.43. The number of ether oxygens (including phenoxy) is 2. The maximum Gasteiger partial charge on any atom is 0.356 e. The lowest BCUT2D eigenvalue weighted by molar-refractivity contribution is -0.134. The monoisotopic (exact) mass is 457 g/mol. The SMILES string of the molecule is CCOC(=O)C(/C=C(\c1ccccc1)[Si](C)(C)c1ccccc1)=NCc1ccc(OC)cc1. The van der Waals surface area contributed by atoms with Gasteiger partial charge >= 0.3 is 5.97 Å². The zero-order chi connectivity index (χ0) is 23.7. The molecule has 0 unspecified atom stereocenters. The molecule has 0 aliphatic heterocycles. The van der Waals surface area contributed by atoms with Crippen molar-refractivity contribution < 1.29 is 14.3 Å². The molecule has 0 fully saturated rings. The zero-order valence-electron chi connectivity index (χ0n) is 19.7. The highest BCUT2D eigenvalue weighted by Gasteiger charge is 2.30. The maximum atomic E-state index is 12.9. The molecule has 3 rings (SSSR count). The van der Waals surface area contributed by atoms with Crippen LogP contribution in [0.2, 0.25) is 13.1 Å². The molecule has 33 heavy (non-hydrogen) atoms. The fourth-order valence-electron chi connectivity index (χ4n) is 3.67. The minimum absolute atomic E-state index is 0.300. The van der Waals surface area contributed by atoms with E-state index in [0.29, 0.717) is 18.9 Å². The Morgan fingerprint density at radius 1 is 0.909 bits per heavy atom. The summed E-state index contributed by atoms with van der Waals surface area (Å²) >= 11 is 0. The molecule has 0 aliphatic rings. The van der Waals surface area contributed by atoms with Gasteiger partial charge in [0.05, 0.1) is 20.3 Å². The second-order valence-electron chi connectivity index (χ2n) is 8.19. The lowest BCUT2D eigenvalue weighted by atomic mass is 10.1. The molecule has 0 saturated heterocycles. The molecular formula is C28H31NO3Si. The summed E-state index contributed by atoms with van der Waals surface area (Å²) in [6.07, 6.45) is 1.94. The molecule has 0 bridgehead atoms. The summed E-state index contributed by atoms with van der Waals surface area (Å²) in [5, 5.41) is 2.43. The maximum absolute atomic E-state index is 12.9. The summed E-state index contributed by atoms with van der Waals surface area (Å²) < 4.78 is 10.6. The van der Waals surface area contributed by atoms with Gasteiger partial charge in [0.15, 0.2) is 0 Å². The molecule has 3 aromatic rings. The molecule has 0 radical (unpaired) electrons. The van der Waals surface area contributed by atoms with Crippen LogP contribution in [0.4, 0.5) is 0 Å². The number of hydrogen-bond donors (Lipinski definition) is 0. The molecular weight excluding hydrogens is 426 g/mol.